The summed E-state index contributed by atoms with van der Waals surface area (Å²) in [4.78, 5) is 13.4. The van der Waals surface area contributed by atoms with Crippen LogP contribution in [0, 0.1) is 5.82 Å². The number of sulfonamides is 1. The van der Waals surface area contributed by atoms with Crippen LogP contribution in [-0.4, -0.2) is 26.5 Å². The number of carbonyl (C=O) groups is 1. The largest absolute Gasteiger partial charge is 0.478 e. The maximum absolute atomic E-state index is 13.0. The third-order valence-corrected chi connectivity index (χ3v) is 5.67. The molecule has 3 rings (SSSR count). The Morgan fingerprint density at radius 1 is 1.03 bits per heavy atom. The molecule has 3 aromatic rings. The van der Waals surface area contributed by atoms with E-state index in [0.29, 0.717) is 12.2 Å². The van der Waals surface area contributed by atoms with Gasteiger partial charge in [-0.3, -0.25) is 4.72 Å². The molecular formula is C21H19FN2O4S. The summed E-state index contributed by atoms with van der Waals surface area (Å²) in [5.41, 5.74) is 1.52. The zero-order valence-electron chi connectivity index (χ0n) is 15.5. The molecule has 0 radical (unpaired) electrons. The predicted molar refractivity (Wildman–Crippen MR) is 109 cm³/mol. The van der Waals surface area contributed by atoms with Crippen molar-refractivity contribution in [2.45, 2.75) is 11.4 Å². The van der Waals surface area contributed by atoms with Crippen molar-refractivity contribution >= 4 is 27.4 Å². The smallest absolute Gasteiger partial charge is 0.337 e. The molecule has 8 heteroatoms. The molecule has 0 bridgehead atoms. The van der Waals surface area contributed by atoms with Gasteiger partial charge in [0, 0.05) is 19.3 Å². The fourth-order valence-electron chi connectivity index (χ4n) is 2.87. The quantitative estimate of drug-likeness (QED) is 0.611. The van der Waals surface area contributed by atoms with Crippen molar-refractivity contribution in [2.75, 3.05) is 16.7 Å². The van der Waals surface area contributed by atoms with E-state index in [2.05, 4.69) is 4.72 Å². The molecule has 150 valence electrons. The molecule has 0 aliphatic rings. The molecule has 0 atom stereocenters. The molecule has 0 aliphatic heterocycles. The van der Waals surface area contributed by atoms with Gasteiger partial charge in [0.15, 0.2) is 0 Å². The van der Waals surface area contributed by atoms with Gasteiger partial charge in [-0.25, -0.2) is 17.6 Å². The number of carboxylic acids is 1. The molecular weight excluding hydrogens is 395 g/mol. The monoisotopic (exact) mass is 414 g/mol. The number of aromatic carboxylic acids is 1. The number of benzene rings is 3. The van der Waals surface area contributed by atoms with E-state index in [1.165, 1.54) is 12.1 Å². The first-order valence-electron chi connectivity index (χ1n) is 8.67. The van der Waals surface area contributed by atoms with Crippen molar-refractivity contribution in [3.05, 3.63) is 89.7 Å². The summed E-state index contributed by atoms with van der Waals surface area (Å²) in [6.45, 7) is 0.488. The van der Waals surface area contributed by atoms with Gasteiger partial charge in [0.25, 0.3) is 10.0 Å². The third kappa shape index (κ3) is 4.91. The highest BCUT2D eigenvalue weighted by Crippen LogP contribution is 2.26. The zero-order valence-corrected chi connectivity index (χ0v) is 16.4. The number of hydrogen-bond donors (Lipinski definition) is 2. The second-order valence-electron chi connectivity index (χ2n) is 6.44. The van der Waals surface area contributed by atoms with E-state index in [-0.39, 0.29) is 16.1 Å². The molecule has 0 unspecified atom stereocenters. The fourth-order valence-corrected chi connectivity index (χ4v) is 3.92. The van der Waals surface area contributed by atoms with Gasteiger partial charge in [-0.1, -0.05) is 30.3 Å². The molecule has 0 heterocycles. The van der Waals surface area contributed by atoms with Gasteiger partial charge in [-0.15, -0.1) is 0 Å². The zero-order chi connectivity index (χ0) is 21.0. The van der Waals surface area contributed by atoms with Gasteiger partial charge in [-0.2, -0.15) is 0 Å². The highest BCUT2D eigenvalue weighted by Gasteiger charge is 2.18. The van der Waals surface area contributed by atoms with E-state index in [1.54, 1.807) is 18.0 Å². The van der Waals surface area contributed by atoms with Crippen LogP contribution in [0.5, 0.6) is 0 Å². The number of nitrogens with one attached hydrogen (secondary N) is 1. The Morgan fingerprint density at radius 2 is 1.69 bits per heavy atom. The summed E-state index contributed by atoms with van der Waals surface area (Å²) < 4.78 is 40.3. The molecule has 0 aromatic heterocycles. The molecule has 6 nitrogen and oxygen atoms in total. The van der Waals surface area contributed by atoms with Crippen molar-refractivity contribution < 1.29 is 22.7 Å². The average Bonchev–Trinajstić information content (AvgIpc) is 2.68. The van der Waals surface area contributed by atoms with Crippen LogP contribution in [0.4, 0.5) is 15.8 Å². The van der Waals surface area contributed by atoms with E-state index in [4.69, 9.17) is 0 Å². The highest BCUT2D eigenvalue weighted by molar-refractivity contribution is 7.92. The Bertz CT molecular complexity index is 1120. The van der Waals surface area contributed by atoms with E-state index in [0.717, 1.165) is 29.8 Å². The summed E-state index contributed by atoms with van der Waals surface area (Å²) in [6, 6.07) is 18.2. The summed E-state index contributed by atoms with van der Waals surface area (Å²) >= 11 is 0. The number of anilines is 2. The van der Waals surface area contributed by atoms with Crippen molar-refractivity contribution in [2.24, 2.45) is 0 Å². The minimum atomic E-state index is -3.98. The average molecular weight is 414 g/mol. The van der Waals surface area contributed by atoms with Gasteiger partial charge in [0.05, 0.1) is 16.1 Å². The standard InChI is InChI=1S/C21H19FN2O4S/c1-24(14-15-5-3-2-4-6-15)20-12-9-17(13-19(20)21(25)26)23-29(27,28)18-10-7-16(22)8-11-18/h2-13,23H,14H2,1H3,(H,25,26). The number of hydrogen-bond acceptors (Lipinski definition) is 4. The number of nitrogens with zero attached hydrogens (tertiary/aromatic N) is 1. The summed E-state index contributed by atoms with van der Waals surface area (Å²) in [6.07, 6.45) is 0. The van der Waals surface area contributed by atoms with Crippen molar-refractivity contribution in [3.8, 4) is 0 Å². The summed E-state index contributed by atoms with van der Waals surface area (Å²) in [5.74, 6) is -1.73. The normalized spacial score (nSPS) is 11.1. The fraction of sp³-hybridized carbons (Fsp3) is 0.0952. The van der Waals surface area contributed by atoms with Gasteiger partial charge in [-0.05, 0) is 48.0 Å². The van der Waals surface area contributed by atoms with Crippen molar-refractivity contribution in [3.63, 3.8) is 0 Å². The molecule has 0 saturated heterocycles. The van der Waals surface area contributed by atoms with E-state index in [1.807, 2.05) is 30.3 Å². The maximum atomic E-state index is 13.0. The van der Waals surface area contributed by atoms with Crippen LogP contribution in [-0.2, 0) is 16.6 Å². The Morgan fingerprint density at radius 3 is 2.31 bits per heavy atom. The first-order chi connectivity index (χ1) is 13.8. The highest BCUT2D eigenvalue weighted by atomic mass is 32.2. The Balaban J connectivity index is 1.87. The van der Waals surface area contributed by atoms with E-state index in [9.17, 15) is 22.7 Å². The van der Waals surface area contributed by atoms with Crippen LogP contribution >= 0.6 is 0 Å². The Labute approximate surface area is 168 Å². The first-order valence-corrected chi connectivity index (χ1v) is 10.2. The van der Waals surface area contributed by atoms with E-state index < -0.39 is 21.8 Å². The van der Waals surface area contributed by atoms with Crippen LogP contribution in [0.25, 0.3) is 0 Å². The number of halogens is 1. The van der Waals surface area contributed by atoms with Crippen LogP contribution in [0.3, 0.4) is 0 Å². The molecule has 0 amide bonds. The lowest BCUT2D eigenvalue weighted by Crippen LogP contribution is -2.20. The second-order valence-corrected chi connectivity index (χ2v) is 8.12. The maximum Gasteiger partial charge on any atom is 0.337 e. The van der Waals surface area contributed by atoms with Crippen LogP contribution in [0.15, 0.2) is 77.7 Å². The predicted octanol–water partition coefficient (Wildman–Crippen LogP) is 3.96. The molecule has 0 spiro atoms. The lowest BCUT2D eigenvalue weighted by molar-refractivity contribution is 0.0697. The number of rotatable bonds is 7. The molecule has 0 aliphatic carbocycles. The number of carboxylic acid groups (broad SMARTS) is 1. The molecule has 0 saturated carbocycles. The van der Waals surface area contributed by atoms with Gasteiger partial charge in [0.2, 0.25) is 0 Å². The Hall–Kier alpha value is -3.39. The lowest BCUT2D eigenvalue weighted by Gasteiger charge is -2.22. The van der Waals surface area contributed by atoms with Crippen LogP contribution in [0.2, 0.25) is 0 Å². The SMILES string of the molecule is CN(Cc1ccccc1)c1ccc(NS(=O)(=O)c2ccc(F)cc2)cc1C(=O)O. The van der Waals surface area contributed by atoms with Gasteiger partial charge in [0.1, 0.15) is 5.82 Å². The second kappa shape index (κ2) is 8.32. The molecule has 2 N–H and O–H groups in total. The van der Waals surface area contributed by atoms with Gasteiger partial charge >= 0.3 is 5.97 Å². The summed E-state index contributed by atoms with van der Waals surface area (Å²) in [7, 11) is -2.22. The molecule has 3 aromatic carbocycles. The van der Waals surface area contributed by atoms with Crippen molar-refractivity contribution in [1.29, 1.82) is 0 Å². The minimum absolute atomic E-state index is 0.0391. The van der Waals surface area contributed by atoms with Gasteiger partial charge < -0.3 is 10.0 Å². The van der Waals surface area contributed by atoms with E-state index >= 15 is 0 Å². The topological polar surface area (TPSA) is 86.7 Å². The first kappa shape index (κ1) is 20.3. The third-order valence-electron chi connectivity index (χ3n) is 4.28. The minimum Gasteiger partial charge on any atom is -0.478 e. The summed E-state index contributed by atoms with van der Waals surface area (Å²) in [5, 5.41) is 9.61. The van der Waals surface area contributed by atoms with Crippen molar-refractivity contribution in [1.82, 2.24) is 0 Å². The Kier molecular flexibility index (Phi) is 5.84. The van der Waals surface area contributed by atoms with Crippen LogP contribution < -0.4 is 9.62 Å². The lowest BCUT2D eigenvalue weighted by atomic mass is 10.1. The van der Waals surface area contributed by atoms with Crippen LogP contribution in [0.1, 0.15) is 15.9 Å². The molecule has 29 heavy (non-hydrogen) atoms. The molecule has 0 fully saturated rings.